The zero-order chi connectivity index (χ0) is 41.2. The van der Waals surface area contributed by atoms with Crippen molar-refractivity contribution in [3.05, 3.63) is 129 Å². The highest BCUT2D eigenvalue weighted by atomic mass is 14.6. The summed E-state index contributed by atoms with van der Waals surface area (Å²) in [7, 11) is 0. The molecule has 1 fully saturated rings. The summed E-state index contributed by atoms with van der Waals surface area (Å²) in [6.07, 6.45) is 30.3. The van der Waals surface area contributed by atoms with Crippen LogP contribution in [0.15, 0.2) is 84.9 Å². The lowest BCUT2D eigenvalue weighted by Crippen LogP contribution is -2.33. The number of aryl methyl sites for hydroxylation is 2. The summed E-state index contributed by atoms with van der Waals surface area (Å²) in [4.78, 5) is 0. The normalized spacial score (nSPS) is 18.0. The molecule has 0 saturated heterocycles. The topological polar surface area (TPSA) is 52.0 Å². The van der Waals surface area contributed by atoms with Crippen molar-refractivity contribution in [1.29, 1.82) is 0 Å². The van der Waals surface area contributed by atoms with E-state index in [4.69, 9.17) is 11.5 Å². The maximum absolute atomic E-state index is 6.32. The van der Waals surface area contributed by atoms with Gasteiger partial charge in [-0.05, 0) is 115 Å². The second-order valence-corrected chi connectivity index (χ2v) is 18.5. The van der Waals surface area contributed by atoms with Crippen molar-refractivity contribution in [2.75, 3.05) is 11.5 Å². The second kappa shape index (κ2) is 23.9. The highest BCUT2D eigenvalue weighted by Gasteiger charge is 2.38. The van der Waals surface area contributed by atoms with E-state index in [-0.39, 0.29) is 5.41 Å². The quantitative estimate of drug-likeness (QED) is 0.0520. The van der Waals surface area contributed by atoms with Crippen LogP contribution in [0.4, 0.5) is 11.4 Å². The van der Waals surface area contributed by atoms with Gasteiger partial charge >= 0.3 is 0 Å². The van der Waals surface area contributed by atoms with Gasteiger partial charge in [-0.2, -0.15) is 0 Å². The molecule has 0 amide bonds. The molecule has 4 aromatic carbocycles. The molecule has 4 N–H and O–H groups in total. The maximum Gasteiger partial charge on any atom is 0.0343 e. The third-order valence-electron chi connectivity index (χ3n) is 14.4. The molecule has 316 valence electrons. The van der Waals surface area contributed by atoms with E-state index in [1.54, 1.807) is 0 Å². The van der Waals surface area contributed by atoms with Crippen molar-refractivity contribution < 1.29 is 0 Å². The molecule has 1 aliphatic rings. The summed E-state index contributed by atoms with van der Waals surface area (Å²) in [5.74, 6) is 1.63. The fourth-order valence-corrected chi connectivity index (χ4v) is 10.2. The Balaban J connectivity index is 1.37. The predicted octanol–water partition coefficient (Wildman–Crippen LogP) is 16.7. The highest BCUT2D eigenvalue weighted by Crippen LogP contribution is 2.48. The van der Waals surface area contributed by atoms with Gasteiger partial charge < -0.3 is 11.5 Å². The van der Waals surface area contributed by atoms with Crippen LogP contribution >= 0.6 is 0 Å². The number of hydrogen-bond acceptors (Lipinski definition) is 2. The Labute approximate surface area is 356 Å². The van der Waals surface area contributed by atoms with Gasteiger partial charge in [0.05, 0.1) is 0 Å². The van der Waals surface area contributed by atoms with E-state index in [1.165, 1.54) is 192 Å². The van der Waals surface area contributed by atoms with Gasteiger partial charge in [0.2, 0.25) is 0 Å². The van der Waals surface area contributed by atoms with Crippen molar-refractivity contribution in [3.8, 4) is 0 Å². The number of hydrogen-bond donors (Lipinski definition) is 2. The van der Waals surface area contributed by atoms with Gasteiger partial charge in [-0.15, -0.1) is 0 Å². The smallest absolute Gasteiger partial charge is 0.0343 e. The number of anilines is 2. The molecule has 58 heavy (non-hydrogen) atoms. The molecular weight excluding hydrogens is 701 g/mol. The molecule has 2 atom stereocenters. The highest BCUT2D eigenvalue weighted by molar-refractivity contribution is 5.52. The molecule has 0 spiro atoms. The molecule has 0 aliphatic heterocycles. The fraction of sp³-hybridized carbons (Fsp3) is 0.571. The van der Waals surface area contributed by atoms with Gasteiger partial charge in [-0.25, -0.2) is 0 Å². The minimum atomic E-state index is 0.0544. The van der Waals surface area contributed by atoms with Gasteiger partial charge in [0, 0.05) is 28.6 Å². The van der Waals surface area contributed by atoms with Gasteiger partial charge in [0.25, 0.3) is 0 Å². The summed E-state index contributed by atoms with van der Waals surface area (Å²) in [5, 5.41) is 0. The third-order valence-corrected chi connectivity index (χ3v) is 14.4. The van der Waals surface area contributed by atoms with Crippen LogP contribution in [0.1, 0.15) is 225 Å². The first-order valence-corrected chi connectivity index (χ1v) is 24.2. The predicted molar refractivity (Wildman–Crippen MR) is 255 cm³/mol. The molecule has 2 unspecified atom stereocenters. The Morgan fingerprint density at radius 3 is 1.16 bits per heavy atom. The Bertz CT molecular complexity index is 1620. The first kappa shape index (κ1) is 45.6. The second-order valence-electron chi connectivity index (χ2n) is 18.5. The van der Waals surface area contributed by atoms with Crippen LogP contribution in [0.25, 0.3) is 0 Å². The van der Waals surface area contributed by atoms with Crippen LogP contribution in [0.5, 0.6) is 0 Å². The van der Waals surface area contributed by atoms with E-state index in [0.717, 1.165) is 17.3 Å². The third kappa shape index (κ3) is 12.7. The number of benzene rings is 4. The SMILES string of the molecule is CCCCCCCCCCC(c1ccc(C2(c3ccc(C(CCCCCCCCCC)c4ccc(N)c(C)c4)cc3)CCC(CC)CC2)cc1)c1ccc(N)c(C)c1. The minimum Gasteiger partial charge on any atom is -0.399 e. The van der Waals surface area contributed by atoms with Crippen molar-refractivity contribution in [2.45, 2.75) is 200 Å². The number of nitrogens with two attached hydrogens (primary N) is 2. The maximum atomic E-state index is 6.32. The largest absolute Gasteiger partial charge is 0.399 e. The average Bonchev–Trinajstić information content (AvgIpc) is 3.25. The summed E-state index contributed by atoms with van der Waals surface area (Å²) in [6.45, 7) is 11.3. The van der Waals surface area contributed by atoms with Gasteiger partial charge in [-0.1, -0.05) is 203 Å². The summed E-state index contributed by atoms with van der Waals surface area (Å²) in [6, 6.07) is 33.5. The van der Waals surface area contributed by atoms with Gasteiger partial charge in [0.1, 0.15) is 0 Å². The molecule has 1 aliphatic carbocycles. The minimum absolute atomic E-state index is 0.0544. The lowest BCUT2D eigenvalue weighted by atomic mass is 9.62. The van der Waals surface area contributed by atoms with Crippen LogP contribution in [0.2, 0.25) is 0 Å². The summed E-state index contributed by atoms with van der Waals surface area (Å²) in [5.41, 5.74) is 25.6. The van der Waals surface area contributed by atoms with Gasteiger partial charge in [-0.3, -0.25) is 0 Å². The Morgan fingerprint density at radius 1 is 0.466 bits per heavy atom. The summed E-state index contributed by atoms with van der Waals surface area (Å²) < 4.78 is 0. The number of unbranched alkanes of at least 4 members (excludes halogenated alkanes) is 14. The van der Waals surface area contributed by atoms with Crippen molar-refractivity contribution in [1.82, 2.24) is 0 Å². The first-order valence-electron chi connectivity index (χ1n) is 24.2. The average molecular weight is 783 g/mol. The lowest BCUT2D eigenvalue weighted by molar-refractivity contribution is 0.260. The molecule has 2 heteroatoms. The van der Waals surface area contributed by atoms with Crippen LogP contribution in [0.3, 0.4) is 0 Å². The van der Waals surface area contributed by atoms with E-state index in [0.29, 0.717) is 11.8 Å². The van der Waals surface area contributed by atoms with E-state index in [1.807, 2.05) is 0 Å². The summed E-state index contributed by atoms with van der Waals surface area (Å²) >= 11 is 0. The van der Waals surface area contributed by atoms with Crippen LogP contribution < -0.4 is 11.5 Å². The molecule has 2 nitrogen and oxygen atoms in total. The van der Waals surface area contributed by atoms with Crippen LogP contribution in [-0.2, 0) is 5.41 Å². The fourth-order valence-electron chi connectivity index (χ4n) is 10.2. The first-order chi connectivity index (χ1) is 28.3. The zero-order valence-electron chi connectivity index (χ0n) is 37.7. The molecule has 5 rings (SSSR count). The van der Waals surface area contributed by atoms with E-state index in [2.05, 4.69) is 120 Å². The molecule has 4 aromatic rings. The van der Waals surface area contributed by atoms with Crippen molar-refractivity contribution in [2.24, 2.45) is 5.92 Å². The standard InChI is InChI=1S/C56H82N2/c1-6-9-11-13-15-17-19-21-23-52(48-29-35-54(57)43(4)41-48)46-25-31-50(32-26-46)56(39-37-45(8-3)38-40-56)51-33-27-47(28-34-51)53(49-30-36-55(58)44(5)42-49)24-22-20-18-16-14-12-10-7-2/h25-36,41-42,45,52-53H,6-24,37-40,57-58H2,1-5H3. The van der Waals surface area contributed by atoms with E-state index in [9.17, 15) is 0 Å². The molecule has 1 saturated carbocycles. The van der Waals surface area contributed by atoms with Crippen LogP contribution in [0, 0.1) is 19.8 Å². The van der Waals surface area contributed by atoms with E-state index < -0.39 is 0 Å². The zero-order valence-corrected chi connectivity index (χ0v) is 37.7. The molecule has 0 bridgehead atoms. The number of nitrogen functional groups attached to an aromatic ring is 2. The molecule has 0 radical (unpaired) electrons. The Kier molecular flexibility index (Phi) is 18.8. The van der Waals surface area contributed by atoms with Crippen LogP contribution in [-0.4, -0.2) is 0 Å². The Hall–Kier alpha value is -3.52. The Morgan fingerprint density at radius 2 is 0.810 bits per heavy atom. The van der Waals surface area contributed by atoms with E-state index >= 15 is 0 Å². The van der Waals surface area contributed by atoms with Crippen molar-refractivity contribution >= 4 is 11.4 Å². The van der Waals surface area contributed by atoms with Crippen molar-refractivity contribution in [3.63, 3.8) is 0 Å². The number of rotatable bonds is 25. The lowest BCUT2D eigenvalue weighted by Gasteiger charge is -2.41. The molecular formula is C56H82N2. The molecule has 0 aromatic heterocycles. The monoisotopic (exact) mass is 783 g/mol. The van der Waals surface area contributed by atoms with Gasteiger partial charge in [0.15, 0.2) is 0 Å². The molecule has 0 heterocycles.